The van der Waals surface area contributed by atoms with Gasteiger partial charge in [-0.3, -0.25) is 0 Å². The third-order valence-electron chi connectivity index (χ3n) is 4.57. The molecule has 4 rings (SSSR count). The van der Waals surface area contributed by atoms with E-state index < -0.39 is 23.4 Å². The van der Waals surface area contributed by atoms with Crippen molar-refractivity contribution >= 4 is 27.8 Å². The van der Waals surface area contributed by atoms with Crippen molar-refractivity contribution in [3.8, 4) is 11.1 Å². The van der Waals surface area contributed by atoms with Crippen LogP contribution in [0.2, 0.25) is 0 Å². The van der Waals surface area contributed by atoms with Crippen LogP contribution in [0.4, 0.5) is 13.2 Å². The van der Waals surface area contributed by atoms with E-state index in [-0.39, 0.29) is 16.7 Å². The highest BCUT2D eigenvalue weighted by Gasteiger charge is 2.19. The molecule has 1 aromatic heterocycles. The summed E-state index contributed by atoms with van der Waals surface area (Å²) in [5, 5.41) is 10.6. The SMILES string of the molecule is Cc1cccc2nc3cc(-c4ccc(F)c(F)c4F)ccc3c(C(=O)O)c12. The normalized spacial score (nSPS) is 11.3. The van der Waals surface area contributed by atoms with E-state index in [4.69, 9.17) is 0 Å². The Morgan fingerprint density at radius 3 is 2.48 bits per heavy atom. The summed E-state index contributed by atoms with van der Waals surface area (Å²) >= 11 is 0. The Morgan fingerprint density at radius 2 is 1.74 bits per heavy atom. The summed E-state index contributed by atoms with van der Waals surface area (Å²) in [6, 6.07) is 11.7. The van der Waals surface area contributed by atoms with Crippen LogP contribution in [-0.4, -0.2) is 16.1 Å². The first-order valence-corrected chi connectivity index (χ1v) is 8.08. The molecule has 4 aromatic rings. The Bertz CT molecular complexity index is 1250. The number of aromatic carboxylic acids is 1. The van der Waals surface area contributed by atoms with Crippen molar-refractivity contribution < 1.29 is 23.1 Å². The second-order valence-electron chi connectivity index (χ2n) is 6.22. The van der Waals surface area contributed by atoms with E-state index in [0.29, 0.717) is 21.8 Å². The van der Waals surface area contributed by atoms with Gasteiger partial charge in [0.2, 0.25) is 0 Å². The maximum Gasteiger partial charge on any atom is 0.337 e. The number of hydrogen-bond acceptors (Lipinski definition) is 2. The number of nitrogens with zero attached hydrogens (tertiary/aromatic N) is 1. The van der Waals surface area contributed by atoms with E-state index in [2.05, 4.69) is 4.98 Å². The van der Waals surface area contributed by atoms with Crippen molar-refractivity contribution in [3.05, 3.63) is 77.1 Å². The van der Waals surface area contributed by atoms with Crippen molar-refractivity contribution in [1.82, 2.24) is 4.98 Å². The van der Waals surface area contributed by atoms with Crippen molar-refractivity contribution in [2.45, 2.75) is 6.92 Å². The molecule has 134 valence electrons. The number of benzene rings is 3. The monoisotopic (exact) mass is 367 g/mol. The van der Waals surface area contributed by atoms with Crippen LogP contribution in [0.5, 0.6) is 0 Å². The van der Waals surface area contributed by atoms with E-state index in [1.807, 2.05) is 0 Å². The molecule has 0 aliphatic heterocycles. The van der Waals surface area contributed by atoms with Gasteiger partial charge in [0.25, 0.3) is 0 Å². The number of aryl methyl sites for hydroxylation is 1. The zero-order chi connectivity index (χ0) is 19.3. The molecule has 0 bridgehead atoms. The molecule has 0 fully saturated rings. The minimum absolute atomic E-state index is 0.102. The standard InChI is InChI=1S/C21H12F3NO2/c1-10-3-2-4-15-17(10)18(21(26)27)13-6-5-11(9-16(13)25-15)12-7-8-14(22)20(24)19(12)23/h2-9H,1H3,(H,26,27). The number of carboxylic acids is 1. The van der Waals surface area contributed by atoms with Gasteiger partial charge in [-0.05, 0) is 42.3 Å². The van der Waals surface area contributed by atoms with Gasteiger partial charge in [0.05, 0.1) is 16.6 Å². The molecule has 1 N–H and O–H groups in total. The van der Waals surface area contributed by atoms with E-state index in [1.54, 1.807) is 25.1 Å². The largest absolute Gasteiger partial charge is 0.478 e. The summed E-state index contributed by atoms with van der Waals surface area (Å²) in [5.41, 5.74) is 1.84. The van der Waals surface area contributed by atoms with Gasteiger partial charge in [0.15, 0.2) is 17.5 Å². The fourth-order valence-electron chi connectivity index (χ4n) is 3.31. The minimum atomic E-state index is -1.55. The molecule has 3 aromatic carbocycles. The minimum Gasteiger partial charge on any atom is -0.478 e. The average Bonchev–Trinajstić information content (AvgIpc) is 2.64. The highest BCUT2D eigenvalue weighted by Crippen LogP contribution is 2.33. The number of rotatable bonds is 2. The van der Waals surface area contributed by atoms with Crippen molar-refractivity contribution in [3.63, 3.8) is 0 Å². The van der Waals surface area contributed by atoms with Crippen LogP contribution < -0.4 is 0 Å². The highest BCUT2D eigenvalue weighted by atomic mass is 19.2. The summed E-state index contributed by atoms with van der Waals surface area (Å²) < 4.78 is 40.9. The molecule has 0 saturated carbocycles. The highest BCUT2D eigenvalue weighted by molar-refractivity contribution is 6.15. The molecule has 1 heterocycles. The maximum atomic E-state index is 14.1. The first kappa shape index (κ1) is 17.0. The molecule has 0 aliphatic carbocycles. The van der Waals surface area contributed by atoms with E-state index in [9.17, 15) is 23.1 Å². The lowest BCUT2D eigenvalue weighted by Crippen LogP contribution is -2.02. The number of carboxylic acid groups (broad SMARTS) is 1. The summed E-state index contributed by atoms with van der Waals surface area (Å²) in [4.78, 5) is 16.4. The zero-order valence-corrected chi connectivity index (χ0v) is 14.1. The van der Waals surface area contributed by atoms with Crippen molar-refractivity contribution in [2.24, 2.45) is 0 Å². The van der Waals surface area contributed by atoms with Gasteiger partial charge in [0.1, 0.15) is 0 Å². The maximum absolute atomic E-state index is 14.1. The smallest absolute Gasteiger partial charge is 0.337 e. The molecule has 0 spiro atoms. The van der Waals surface area contributed by atoms with Crippen LogP contribution in [0.3, 0.4) is 0 Å². The third-order valence-corrected chi connectivity index (χ3v) is 4.57. The summed E-state index contributed by atoms with van der Waals surface area (Å²) in [6.07, 6.45) is 0. The molecule has 3 nitrogen and oxygen atoms in total. The molecule has 0 saturated heterocycles. The molecule has 0 unspecified atom stereocenters. The van der Waals surface area contributed by atoms with Crippen LogP contribution in [0.1, 0.15) is 15.9 Å². The summed E-state index contributed by atoms with van der Waals surface area (Å²) in [5.74, 6) is -5.23. The Hall–Kier alpha value is -3.41. The van der Waals surface area contributed by atoms with Crippen LogP contribution >= 0.6 is 0 Å². The summed E-state index contributed by atoms with van der Waals surface area (Å²) in [6.45, 7) is 1.80. The fourth-order valence-corrected chi connectivity index (χ4v) is 3.31. The number of halogens is 3. The first-order chi connectivity index (χ1) is 12.9. The lowest BCUT2D eigenvalue weighted by atomic mass is 9.96. The van der Waals surface area contributed by atoms with Gasteiger partial charge in [-0.1, -0.05) is 24.3 Å². The predicted octanol–water partition coefficient (Wildman–Crippen LogP) is 5.48. The van der Waals surface area contributed by atoms with Crippen LogP contribution in [0.25, 0.3) is 32.9 Å². The quantitative estimate of drug-likeness (QED) is 0.377. The lowest BCUT2D eigenvalue weighted by Gasteiger charge is -2.11. The Morgan fingerprint density at radius 1 is 0.963 bits per heavy atom. The summed E-state index contributed by atoms with van der Waals surface area (Å²) in [7, 11) is 0. The Labute approximate surface area is 151 Å². The third kappa shape index (κ3) is 2.61. The van der Waals surface area contributed by atoms with Gasteiger partial charge >= 0.3 is 5.97 Å². The van der Waals surface area contributed by atoms with E-state index in [1.165, 1.54) is 18.2 Å². The zero-order valence-electron chi connectivity index (χ0n) is 14.1. The molecule has 0 radical (unpaired) electrons. The van der Waals surface area contributed by atoms with E-state index in [0.717, 1.165) is 17.7 Å². The topological polar surface area (TPSA) is 50.2 Å². The second-order valence-corrected chi connectivity index (χ2v) is 6.22. The second kappa shape index (κ2) is 6.09. The van der Waals surface area contributed by atoms with Crippen molar-refractivity contribution in [1.29, 1.82) is 0 Å². The van der Waals surface area contributed by atoms with Crippen LogP contribution in [0, 0.1) is 24.4 Å². The average molecular weight is 367 g/mol. The van der Waals surface area contributed by atoms with Crippen molar-refractivity contribution in [2.75, 3.05) is 0 Å². The number of carbonyl (C=O) groups is 1. The van der Waals surface area contributed by atoms with Gasteiger partial charge in [-0.2, -0.15) is 0 Å². The molecule has 6 heteroatoms. The molecular formula is C21H12F3NO2. The lowest BCUT2D eigenvalue weighted by molar-refractivity contribution is 0.0701. The van der Waals surface area contributed by atoms with Crippen LogP contribution in [0.15, 0.2) is 48.5 Å². The van der Waals surface area contributed by atoms with Gasteiger partial charge in [-0.15, -0.1) is 0 Å². The fraction of sp³-hybridized carbons (Fsp3) is 0.0476. The Balaban J connectivity index is 2.06. The van der Waals surface area contributed by atoms with Gasteiger partial charge < -0.3 is 5.11 Å². The number of pyridine rings is 1. The van der Waals surface area contributed by atoms with Gasteiger partial charge in [0, 0.05) is 16.3 Å². The molecule has 0 amide bonds. The Kier molecular flexibility index (Phi) is 3.84. The van der Waals surface area contributed by atoms with Crippen LogP contribution in [-0.2, 0) is 0 Å². The molecular weight excluding hydrogens is 355 g/mol. The predicted molar refractivity (Wildman–Crippen MR) is 96.3 cm³/mol. The molecule has 0 atom stereocenters. The molecule has 0 aliphatic rings. The first-order valence-electron chi connectivity index (χ1n) is 8.08. The van der Waals surface area contributed by atoms with E-state index >= 15 is 0 Å². The molecule has 27 heavy (non-hydrogen) atoms. The number of fused-ring (bicyclic) bond motifs is 2. The van der Waals surface area contributed by atoms with Gasteiger partial charge in [-0.25, -0.2) is 22.9 Å². The number of hydrogen-bond donors (Lipinski definition) is 1. The number of aromatic nitrogens is 1.